The van der Waals surface area contributed by atoms with Gasteiger partial charge in [-0.3, -0.25) is 0 Å². The van der Waals surface area contributed by atoms with Gasteiger partial charge >= 0.3 is 5.97 Å². The van der Waals surface area contributed by atoms with Crippen LogP contribution >= 0.6 is 0 Å². The Labute approximate surface area is 110 Å². The van der Waals surface area contributed by atoms with Crippen LogP contribution in [0.4, 0.5) is 5.69 Å². The van der Waals surface area contributed by atoms with E-state index in [4.69, 9.17) is 4.74 Å². The Morgan fingerprint density at radius 1 is 1.39 bits per heavy atom. The predicted molar refractivity (Wildman–Crippen MR) is 75.1 cm³/mol. The van der Waals surface area contributed by atoms with Gasteiger partial charge in [0.2, 0.25) is 0 Å². The molecule has 0 heterocycles. The van der Waals surface area contributed by atoms with Gasteiger partial charge in [0.1, 0.15) is 0 Å². The van der Waals surface area contributed by atoms with Gasteiger partial charge in [0, 0.05) is 11.7 Å². The molecule has 0 aliphatic heterocycles. The first kappa shape index (κ1) is 14.6. The number of esters is 1. The zero-order chi connectivity index (χ0) is 13.7. The molecule has 1 N–H and O–H groups in total. The number of rotatable bonds is 5. The fourth-order valence-electron chi connectivity index (χ4n) is 2.00. The summed E-state index contributed by atoms with van der Waals surface area (Å²) in [6.45, 7) is 8.46. The normalized spacial score (nSPS) is 12.3. The monoisotopic (exact) mass is 249 g/mol. The summed E-state index contributed by atoms with van der Waals surface area (Å²) in [5, 5.41) is 3.44. The molecule has 0 fully saturated rings. The standard InChI is InChI=1S/C15H23NO2/c1-6-13(10(2)3)16-14-8-7-11(4)9-12(14)15(17)18-5/h7-10,13,16H,6H2,1-5H3. The first-order chi connectivity index (χ1) is 8.49. The Balaban J connectivity index is 3.04. The maximum atomic E-state index is 11.8. The number of methoxy groups -OCH3 is 1. The highest BCUT2D eigenvalue weighted by atomic mass is 16.5. The number of ether oxygens (including phenoxy) is 1. The third-order valence-electron chi connectivity index (χ3n) is 3.17. The number of nitrogens with one attached hydrogen (secondary N) is 1. The first-order valence-corrected chi connectivity index (χ1v) is 6.45. The Morgan fingerprint density at radius 3 is 2.56 bits per heavy atom. The van der Waals surface area contributed by atoms with E-state index in [1.165, 1.54) is 7.11 Å². The summed E-state index contributed by atoms with van der Waals surface area (Å²) < 4.78 is 4.83. The van der Waals surface area contributed by atoms with Gasteiger partial charge in [0.05, 0.1) is 12.7 Å². The van der Waals surface area contributed by atoms with Crippen LogP contribution in [0.5, 0.6) is 0 Å². The lowest BCUT2D eigenvalue weighted by Gasteiger charge is -2.23. The van der Waals surface area contributed by atoms with E-state index in [1.807, 2.05) is 25.1 Å². The van der Waals surface area contributed by atoms with E-state index in [2.05, 4.69) is 26.1 Å². The highest BCUT2D eigenvalue weighted by molar-refractivity contribution is 5.95. The quantitative estimate of drug-likeness (QED) is 0.810. The lowest BCUT2D eigenvalue weighted by molar-refractivity contribution is 0.0601. The highest BCUT2D eigenvalue weighted by Crippen LogP contribution is 2.22. The van der Waals surface area contributed by atoms with Crippen molar-refractivity contribution in [3.05, 3.63) is 29.3 Å². The molecule has 1 unspecified atom stereocenters. The highest BCUT2D eigenvalue weighted by Gasteiger charge is 2.16. The van der Waals surface area contributed by atoms with E-state index >= 15 is 0 Å². The second-order valence-electron chi connectivity index (χ2n) is 4.94. The van der Waals surface area contributed by atoms with Gasteiger partial charge in [-0.1, -0.05) is 32.4 Å². The Bertz CT molecular complexity index is 413. The van der Waals surface area contributed by atoms with E-state index in [9.17, 15) is 4.79 Å². The van der Waals surface area contributed by atoms with Crippen molar-refractivity contribution in [3.8, 4) is 0 Å². The second kappa shape index (κ2) is 6.43. The van der Waals surface area contributed by atoms with Crippen LogP contribution in [0.15, 0.2) is 18.2 Å². The number of anilines is 1. The predicted octanol–water partition coefficient (Wildman–Crippen LogP) is 3.63. The number of aryl methyl sites for hydroxylation is 1. The van der Waals surface area contributed by atoms with Crippen LogP contribution in [0.1, 0.15) is 43.1 Å². The largest absolute Gasteiger partial charge is 0.465 e. The van der Waals surface area contributed by atoms with Gasteiger partial charge in [0.15, 0.2) is 0 Å². The van der Waals surface area contributed by atoms with Crippen molar-refractivity contribution in [3.63, 3.8) is 0 Å². The van der Waals surface area contributed by atoms with E-state index in [1.54, 1.807) is 0 Å². The van der Waals surface area contributed by atoms with Crippen LogP contribution in [-0.4, -0.2) is 19.1 Å². The van der Waals surface area contributed by atoms with Gasteiger partial charge < -0.3 is 10.1 Å². The number of carbonyl (C=O) groups excluding carboxylic acids is 1. The van der Waals surface area contributed by atoms with Crippen LogP contribution in [0.25, 0.3) is 0 Å². The van der Waals surface area contributed by atoms with E-state index in [0.29, 0.717) is 17.5 Å². The Hall–Kier alpha value is -1.51. The molecule has 100 valence electrons. The molecule has 0 aromatic heterocycles. The Morgan fingerprint density at radius 2 is 2.06 bits per heavy atom. The average molecular weight is 249 g/mol. The van der Waals surface area contributed by atoms with Crippen molar-refractivity contribution in [2.24, 2.45) is 5.92 Å². The maximum absolute atomic E-state index is 11.8. The van der Waals surface area contributed by atoms with Crippen molar-refractivity contribution >= 4 is 11.7 Å². The van der Waals surface area contributed by atoms with Crippen molar-refractivity contribution in [2.75, 3.05) is 12.4 Å². The van der Waals surface area contributed by atoms with Gasteiger partial charge in [-0.25, -0.2) is 4.79 Å². The third kappa shape index (κ3) is 3.49. The molecule has 0 amide bonds. The summed E-state index contributed by atoms with van der Waals surface area (Å²) in [7, 11) is 1.41. The Kier molecular flexibility index (Phi) is 5.20. The van der Waals surface area contributed by atoms with Gasteiger partial charge in [-0.2, -0.15) is 0 Å². The third-order valence-corrected chi connectivity index (χ3v) is 3.17. The van der Waals surface area contributed by atoms with E-state index < -0.39 is 0 Å². The maximum Gasteiger partial charge on any atom is 0.339 e. The fraction of sp³-hybridized carbons (Fsp3) is 0.533. The summed E-state index contributed by atoms with van der Waals surface area (Å²) in [4.78, 5) is 11.8. The summed E-state index contributed by atoms with van der Waals surface area (Å²) >= 11 is 0. The molecule has 1 rings (SSSR count). The topological polar surface area (TPSA) is 38.3 Å². The molecule has 1 aromatic carbocycles. The van der Waals surface area contributed by atoms with Gasteiger partial charge in [-0.05, 0) is 31.4 Å². The average Bonchev–Trinajstić information content (AvgIpc) is 2.35. The van der Waals surface area contributed by atoms with Crippen molar-refractivity contribution in [1.29, 1.82) is 0 Å². The molecule has 0 aliphatic carbocycles. The molecule has 0 saturated carbocycles. The summed E-state index contributed by atoms with van der Waals surface area (Å²) in [5.41, 5.74) is 2.52. The zero-order valence-electron chi connectivity index (χ0n) is 11.9. The molecule has 0 spiro atoms. The lowest BCUT2D eigenvalue weighted by Crippen LogP contribution is -2.25. The van der Waals surface area contributed by atoms with E-state index in [-0.39, 0.29) is 5.97 Å². The van der Waals surface area contributed by atoms with Crippen LogP contribution < -0.4 is 5.32 Å². The molecule has 3 nitrogen and oxygen atoms in total. The van der Waals surface area contributed by atoms with Crippen molar-refractivity contribution < 1.29 is 9.53 Å². The molecular formula is C15H23NO2. The molecule has 0 saturated heterocycles. The zero-order valence-corrected chi connectivity index (χ0v) is 11.9. The minimum atomic E-state index is -0.292. The molecule has 0 aliphatic rings. The lowest BCUT2D eigenvalue weighted by atomic mass is 10.0. The molecule has 1 aromatic rings. The second-order valence-corrected chi connectivity index (χ2v) is 4.94. The van der Waals surface area contributed by atoms with E-state index in [0.717, 1.165) is 17.7 Å². The van der Waals surface area contributed by atoms with Crippen LogP contribution in [-0.2, 0) is 4.74 Å². The van der Waals surface area contributed by atoms with Crippen LogP contribution in [0, 0.1) is 12.8 Å². The fourth-order valence-corrected chi connectivity index (χ4v) is 2.00. The number of hydrogen-bond acceptors (Lipinski definition) is 3. The molecule has 0 radical (unpaired) electrons. The molecule has 1 atom stereocenters. The molecular weight excluding hydrogens is 226 g/mol. The van der Waals surface area contributed by atoms with Crippen LogP contribution in [0.3, 0.4) is 0 Å². The van der Waals surface area contributed by atoms with Crippen molar-refractivity contribution in [1.82, 2.24) is 0 Å². The minimum Gasteiger partial charge on any atom is -0.465 e. The minimum absolute atomic E-state index is 0.292. The number of carbonyl (C=O) groups is 1. The SMILES string of the molecule is CCC(Nc1ccc(C)cc1C(=O)OC)C(C)C. The molecule has 18 heavy (non-hydrogen) atoms. The number of hydrogen-bond donors (Lipinski definition) is 1. The molecule has 0 bridgehead atoms. The summed E-state index contributed by atoms with van der Waals surface area (Å²) in [5.74, 6) is 0.224. The molecule has 3 heteroatoms. The van der Waals surface area contributed by atoms with Crippen molar-refractivity contribution in [2.45, 2.75) is 40.2 Å². The summed E-state index contributed by atoms with van der Waals surface area (Å²) in [6.07, 6.45) is 1.02. The van der Waals surface area contributed by atoms with Gasteiger partial charge in [0.25, 0.3) is 0 Å². The van der Waals surface area contributed by atoms with Crippen LogP contribution in [0.2, 0.25) is 0 Å². The smallest absolute Gasteiger partial charge is 0.339 e. The first-order valence-electron chi connectivity index (χ1n) is 6.45. The summed E-state index contributed by atoms with van der Waals surface area (Å²) in [6, 6.07) is 6.17. The van der Waals surface area contributed by atoms with Gasteiger partial charge in [-0.15, -0.1) is 0 Å². The number of benzene rings is 1.